The number of sulfone groups is 1. The van der Waals surface area contributed by atoms with Crippen LogP contribution in [0.3, 0.4) is 0 Å². The van der Waals surface area contributed by atoms with Crippen LogP contribution in [0.25, 0.3) is 0 Å². The highest BCUT2D eigenvalue weighted by Crippen LogP contribution is 2.18. The molecule has 0 spiro atoms. The fourth-order valence-electron chi connectivity index (χ4n) is 1.36. The van der Waals surface area contributed by atoms with E-state index in [0.717, 1.165) is 6.42 Å². The summed E-state index contributed by atoms with van der Waals surface area (Å²) in [6.45, 7) is 5.93. The number of hydrogen-bond donors (Lipinski definition) is 0. The Balaban J connectivity index is 3.93. The van der Waals surface area contributed by atoms with Gasteiger partial charge in [-0.3, -0.25) is 0 Å². The Labute approximate surface area is 93.0 Å². The van der Waals surface area contributed by atoms with E-state index in [9.17, 15) is 8.42 Å². The molecular weight excluding hydrogens is 220 g/mol. The number of alkyl halides is 1. The first-order valence-corrected chi connectivity index (χ1v) is 7.53. The number of hydrogen-bond acceptors (Lipinski definition) is 2. The second-order valence-electron chi connectivity index (χ2n) is 3.84. The molecule has 0 N–H and O–H groups in total. The summed E-state index contributed by atoms with van der Waals surface area (Å²) in [6.07, 6.45) is 2.29. The van der Waals surface area contributed by atoms with E-state index < -0.39 is 9.84 Å². The summed E-state index contributed by atoms with van der Waals surface area (Å²) in [5.74, 6) is 0.873. The molecule has 0 aromatic carbocycles. The molecule has 0 rings (SSSR count). The van der Waals surface area contributed by atoms with Gasteiger partial charge in [-0.05, 0) is 25.2 Å². The van der Waals surface area contributed by atoms with Gasteiger partial charge in [-0.2, -0.15) is 0 Å². The minimum Gasteiger partial charge on any atom is -0.229 e. The lowest BCUT2D eigenvalue weighted by atomic mass is 10.0. The fraction of sp³-hybridized carbons (Fsp3) is 1.00. The Kier molecular flexibility index (Phi) is 6.79. The molecule has 0 fully saturated rings. The van der Waals surface area contributed by atoms with E-state index in [4.69, 9.17) is 11.6 Å². The second kappa shape index (κ2) is 6.67. The van der Waals surface area contributed by atoms with E-state index in [1.54, 1.807) is 0 Å². The monoisotopic (exact) mass is 240 g/mol. The van der Waals surface area contributed by atoms with Crippen LogP contribution in [0.1, 0.15) is 40.0 Å². The SMILES string of the molecule is CCCS(=O)(=O)CCC(C)C(Cl)CC. The third-order valence-corrected chi connectivity index (χ3v) is 5.03. The number of halogens is 1. The molecule has 0 radical (unpaired) electrons. The molecular formula is C10H21ClO2S. The van der Waals surface area contributed by atoms with Crippen LogP contribution >= 0.6 is 11.6 Å². The maximum absolute atomic E-state index is 11.4. The van der Waals surface area contributed by atoms with Gasteiger partial charge in [0.25, 0.3) is 0 Å². The Morgan fingerprint density at radius 3 is 2.21 bits per heavy atom. The molecule has 2 unspecified atom stereocenters. The van der Waals surface area contributed by atoms with Crippen LogP contribution in [0.5, 0.6) is 0 Å². The first-order chi connectivity index (χ1) is 6.43. The van der Waals surface area contributed by atoms with E-state index in [2.05, 4.69) is 0 Å². The highest BCUT2D eigenvalue weighted by molar-refractivity contribution is 7.91. The minimum absolute atomic E-state index is 0.104. The highest BCUT2D eigenvalue weighted by Gasteiger charge is 2.16. The lowest BCUT2D eigenvalue weighted by molar-refractivity contribution is 0.510. The predicted molar refractivity (Wildman–Crippen MR) is 62.7 cm³/mol. The molecule has 0 amide bonds. The van der Waals surface area contributed by atoms with E-state index in [1.807, 2.05) is 20.8 Å². The molecule has 14 heavy (non-hydrogen) atoms. The molecule has 2 nitrogen and oxygen atoms in total. The van der Waals surface area contributed by atoms with Crippen molar-refractivity contribution in [3.05, 3.63) is 0 Å². The van der Waals surface area contributed by atoms with E-state index in [-0.39, 0.29) is 17.0 Å². The lowest BCUT2D eigenvalue weighted by Gasteiger charge is -2.15. The Bertz CT molecular complexity index is 237. The standard InChI is InChI=1S/C10H21ClO2S/c1-4-7-14(12,13)8-6-9(3)10(11)5-2/h9-10H,4-8H2,1-3H3. The summed E-state index contributed by atoms with van der Waals surface area (Å²) in [6, 6.07) is 0. The fourth-order valence-corrected chi connectivity index (χ4v) is 3.04. The average molecular weight is 241 g/mol. The van der Waals surface area contributed by atoms with Crippen molar-refractivity contribution in [2.75, 3.05) is 11.5 Å². The first-order valence-electron chi connectivity index (χ1n) is 5.27. The molecule has 0 aliphatic heterocycles. The largest absolute Gasteiger partial charge is 0.229 e. The van der Waals surface area contributed by atoms with Crippen molar-refractivity contribution < 1.29 is 8.42 Å². The zero-order chi connectivity index (χ0) is 11.2. The van der Waals surface area contributed by atoms with Crippen molar-refractivity contribution in [3.8, 4) is 0 Å². The zero-order valence-corrected chi connectivity index (χ0v) is 10.9. The Morgan fingerprint density at radius 1 is 1.21 bits per heavy atom. The van der Waals surface area contributed by atoms with Gasteiger partial charge < -0.3 is 0 Å². The van der Waals surface area contributed by atoms with Gasteiger partial charge in [0.2, 0.25) is 0 Å². The van der Waals surface area contributed by atoms with Gasteiger partial charge in [-0.1, -0.05) is 20.8 Å². The summed E-state index contributed by atoms with van der Waals surface area (Å²) < 4.78 is 22.8. The quantitative estimate of drug-likeness (QED) is 0.642. The summed E-state index contributed by atoms with van der Waals surface area (Å²) in [5, 5.41) is 0.104. The normalized spacial score (nSPS) is 16.6. The maximum atomic E-state index is 11.4. The van der Waals surface area contributed by atoms with Crippen molar-refractivity contribution in [2.24, 2.45) is 5.92 Å². The van der Waals surface area contributed by atoms with Crippen molar-refractivity contribution in [1.82, 2.24) is 0 Å². The van der Waals surface area contributed by atoms with E-state index >= 15 is 0 Å². The highest BCUT2D eigenvalue weighted by atomic mass is 35.5. The maximum Gasteiger partial charge on any atom is 0.150 e. The average Bonchev–Trinajstić information content (AvgIpc) is 2.13. The molecule has 0 bridgehead atoms. The molecule has 0 aliphatic carbocycles. The van der Waals surface area contributed by atoms with Crippen LogP contribution in [0, 0.1) is 5.92 Å². The summed E-state index contributed by atoms with van der Waals surface area (Å²) in [4.78, 5) is 0. The van der Waals surface area contributed by atoms with Gasteiger partial charge in [0.1, 0.15) is 9.84 Å². The van der Waals surface area contributed by atoms with Gasteiger partial charge in [0.05, 0.1) is 5.75 Å². The van der Waals surface area contributed by atoms with Crippen molar-refractivity contribution in [3.63, 3.8) is 0 Å². The Morgan fingerprint density at radius 2 is 1.79 bits per heavy atom. The smallest absolute Gasteiger partial charge is 0.150 e. The van der Waals surface area contributed by atoms with Crippen molar-refractivity contribution in [1.29, 1.82) is 0 Å². The van der Waals surface area contributed by atoms with E-state index in [1.165, 1.54) is 0 Å². The second-order valence-corrected chi connectivity index (χ2v) is 6.71. The molecule has 0 aliphatic rings. The first kappa shape index (κ1) is 14.2. The van der Waals surface area contributed by atoms with Crippen molar-refractivity contribution in [2.45, 2.75) is 45.4 Å². The third-order valence-electron chi connectivity index (χ3n) is 2.41. The third kappa shape index (κ3) is 5.86. The molecule has 0 aromatic heterocycles. The van der Waals surface area contributed by atoms with Crippen LogP contribution in [-0.2, 0) is 9.84 Å². The molecule has 2 atom stereocenters. The van der Waals surface area contributed by atoms with Gasteiger partial charge in [-0.15, -0.1) is 11.6 Å². The van der Waals surface area contributed by atoms with Crippen LogP contribution in [0.4, 0.5) is 0 Å². The minimum atomic E-state index is -2.83. The summed E-state index contributed by atoms with van der Waals surface area (Å²) >= 11 is 6.03. The Hall–Kier alpha value is 0.240. The van der Waals surface area contributed by atoms with Crippen molar-refractivity contribution >= 4 is 21.4 Å². The topological polar surface area (TPSA) is 34.1 Å². The summed E-state index contributed by atoms with van der Waals surface area (Å²) in [7, 11) is -2.83. The molecule has 86 valence electrons. The van der Waals surface area contributed by atoms with Gasteiger partial charge in [0, 0.05) is 11.1 Å². The molecule has 0 aromatic rings. The van der Waals surface area contributed by atoms with Crippen LogP contribution < -0.4 is 0 Å². The predicted octanol–water partition coefficient (Wildman–Crippen LogP) is 2.85. The number of rotatable bonds is 7. The van der Waals surface area contributed by atoms with Crippen LogP contribution in [-0.4, -0.2) is 25.3 Å². The van der Waals surface area contributed by atoms with Gasteiger partial charge in [0.15, 0.2) is 0 Å². The molecule has 0 saturated heterocycles. The van der Waals surface area contributed by atoms with Crippen LogP contribution in [0.2, 0.25) is 0 Å². The van der Waals surface area contributed by atoms with Crippen LogP contribution in [0.15, 0.2) is 0 Å². The summed E-state index contributed by atoms with van der Waals surface area (Å²) in [5.41, 5.74) is 0. The van der Waals surface area contributed by atoms with E-state index in [0.29, 0.717) is 18.6 Å². The van der Waals surface area contributed by atoms with Gasteiger partial charge in [-0.25, -0.2) is 8.42 Å². The van der Waals surface area contributed by atoms with Gasteiger partial charge >= 0.3 is 0 Å². The molecule has 0 saturated carbocycles. The molecule has 4 heteroatoms. The molecule has 0 heterocycles. The lowest BCUT2D eigenvalue weighted by Crippen LogP contribution is -2.17. The zero-order valence-electron chi connectivity index (χ0n) is 9.29.